The topological polar surface area (TPSA) is 6.48 Å². The van der Waals surface area contributed by atoms with Gasteiger partial charge in [-0.25, -0.2) is 0 Å². The summed E-state index contributed by atoms with van der Waals surface area (Å²) in [7, 11) is 0. The highest BCUT2D eigenvalue weighted by Gasteiger charge is 2.24. The lowest BCUT2D eigenvalue weighted by Crippen LogP contribution is -2.30. The van der Waals surface area contributed by atoms with Gasteiger partial charge in [-0.1, -0.05) is 170 Å². The van der Waals surface area contributed by atoms with Crippen molar-refractivity contribution in [2.75, 3.05) is 9.80 Å². The van der Waals surface area contributed by atoms with Crippen molar-refractivity contribution in [1.29, 1.82) is 0 Å². The highest BCUT2D eigenvalue weighted by molar-refractivity contribution is 6.06. The van der Waals surface area contributed by atoms with Crippen LogP contribution in [0.4, 0.5) is 28.4 Å². The summed E-state index contributed by atoms with van der Waals surface area (Å²) in [6.45, 7) is 0. The molecule has 258 valence electrons. The molecule has 0 saturated carbocycles. The Kier molecular flexibility index (Phi) is 9.15. The molecule has 1 unspecified atom stereocenters. The first-order chi connectivity index (χ1) is 26.8. The lowest BCUT2D eigenvalue weighted by Gasteiger charge is -2.34. The molecule has 0 saturated heterocycles. The van der Waals surface area contributed by atoms with Crippen LogP contribution in [0.5, 0.6) is 0 Å². The van der Waals surface area contributed by atoms with Gasteiger partial charge < -0.3 is 9.80 Å². The van der Waals surface area contributed by atoms with E-state index in [1.165, 1.54) is 55.5 Å². The molecule has 2 heteroatoms. The first-order valence-electron chi connectivity index (χ1n) is 18.7. The first kappa shape index (κ1) is 33.0. The van der Waals surface area contributed by atoms with Gasteiger partial charge in [0.05, 0.1) is 11.7 Å². The molecule has 0 radical (unpaired) electrons. The van der Waals surface area contributed by atoms with Gasteiger partial charge in [0.2, 0.25) is 0 Å². The summed E-state index contributed by atoms with van der Waals surface area (Å²) in [5, 5.41) is 2.47. The summed E-state index contributed by atoms with van der Waals surface area (Å²) in [4.78, 5) is 4.85. The monoisotopic (exact) mass is 692 g/mol. The van der Waals surface area contributed by atoms with Gasteiger partial charge in [0.25, 0.3) is 0 Å². The summed E-state index contributed by atoms with van der Waals surface area (Å²) in [5.74, 6) is 0. The minimum atomic E-state index is 0.161. The second-order valence-corrected chi connectivity index (χ2v) is 13.7. The summed E-state index contributed by atoms with van der Waals surface area (Å²) < 4.78 is 0. The van der Waals surface area contributed by atoms with E-state index < -0.39 is 0 Å². The second-order valence-electron chi connectivity index (χ2n) is 13.7. The van der Waals surface area contributed by atoms with Crippen LogP contribution in [0.2, 0.25) is 0 Å². The van der Waals surface area contributed by atoms with Crippen molar-refractivity contribution >= 4 is 44.8 Å². The molecule has 0 aromatic heterocycles. The van der Waals surface area contributed by atoms with Gasteiger partial charge in [-0.3, -0.25) is 0 Å². The third-order valence-electron chi connectivity index (χ3n) is 10.4. The Bertz CT molecular complexity index is 2530. The zero-order valence-electron chi connectivity index (χ0n) is 30.0. The van der Waals surface area contributed by atoms with Crippen LogP contribution in [-0.4, -0.2) is 6.04 Å². The van der Waals surface area contributed by atoms with E-state index in [9.17, 15) is 0 Å². The molecule has 1 aliphatic rings. The van der Waals surface area contributed by atoms with Crippen LogP contribution in [0.15, 0.2) is 224 Å². The van der Waals surface area contributed by atoms with Crippen LogP contribution in [0.1, 0.15) is 12.0 Å². The number of benzene rings is 8. The molecule has 1 atom stereocenters. The summed E-state index contributed by atoms with van der Waals surface area (Å²) in [6.07, 6.45) is 7.95. The molecule has 8 aromatic carbocycles. The second kappa shape index (κ2) is 15.0. The van der Waals surface area contributed by atoms with Crippen molar-refractivity contribution in [2.45, 2.75) is 12.5 Å². The zero-order chi connectivity index (χ0) is 36.1. The Morgan fingerprint density at radius 2 is 0.889 bits per heavy atom. The maximum absolute atomic E-state index is 2.52. The van der Waals surface area contributed by atoms with Gasteiger partial charge >= 0.3 is 0 Å². The molecule has 54 heavy (non-hydrogen) atoms. The largest absolute Gasteiger partial charge is 0.334 e. The molecule has 2 nitrogen and oxygen atoms in total. The van der Waals surface area contributed by atoms with Crippen molar-refractivity contribution in [2.24, 2.45) is 0 Å². The smallest absolute Gasteiger partial charge is 0.0560 e. The lowest BCUT2D eigenvalue weighted by molar-refractivity contribution is 0.789. The molecule has 0 spiro atoms. The van der Waals surface area contributed by atoms with E-state index in [2.05, 4.69) is 234 Å². The molecule has 0 bridgehead atoms. The minimum Gasteiger partial charge on any atom is -0.334 e. The Labute approximate surface area is 318 Å². The van der Waals surface area contributed by atoms with E-state index >= 15 is 0 Å². The van der Waals surface area contributed by atoms with E-state index in [1.54, 1.807) is 0 Å². The molecule has 1 aliphatic carbocycles. The number of para-hydroxylation sites is 2. The maximum Gasteiger partial charge on any atom is 0.0560 e. The standard InChI is InChI=1S/C52H40N2/c1-5-15-39(16-6-1)41-27-33-47(34-28-41)53(45-21-9-3-10-22-45)48-37-31-43(32-38-48)50-25-13-19-44-20-14-26-51(52(44)50)54(46-23-11-4-12-24-46)49-35-29-42(30-36-49)40-17-7-2-8-18-40/h1-35,37-38,49H,36H2. The number of anilines is 5. The zero-order valence-corrected chi connectivity index (χ0v) is 30.0. The number of fused-ring (bicyclic) bond motifs is 1. The van der Waals surface area contributed by atoms with E-state index in [4.69, 9.17) is 0 Å². The van der Waals surface area contributed by atoms with Crippen LogP contribution in [-0.2, 0) is 0 Å². The third-order valence-corrected chi connectivity index (χ3v) is 10.4. The van der Waals surface area contributed by atoms with E-state index in [0.29, 0.717) is 0 Å². The van der Waals surface area contributed by atoms with Crippen molar-refractivity contribution < 1.29 is 0 Å². The molecule has 0 fully saturated rings. The fourth-order valence-corrected chi connectivity index (χ4v) is 7.75. The molecule has 0 aliphatic heterocycles. The Morgan fingerprint density at radius 3 is 1.48 bits per heavy atom. The van der Waals surface area contributed by atoms with Gasteiger partial charge in [0, 0.05) is 28.1 Å². The van der Waals surface area contributed by atoms with Crippen LogP contribution in [0.25, 0.3) is 38.6 Å². The van der Waals surface area contributed by atoms with Gasteiger partial charge in [0.15, 0.2) is 0 Å². The predicted octanol–water partition coefficient (Wildman–Crippen LogP) is 14.2. The van der Waals surface area contributed by atoms with Crippen LogP contribution in [0, 0.1) is 0 Å². The van der Waals surface area contributed by atoms with Gasteiger partial charge in [0.1, 0.15) is 0 Å². The minimum absolute atomic E-state index is 0.161. The highest BCUT2D eigenvalue weighted by atomic mass is 15.2. The van der Waals surface area contributed by atoms with Crippen molar-refractivity contribution in [3.8, 4) is 22.3 Å². The summed E-state index contributed by atoms with van der Waals surface area (Å²) >= 11 is 0. The molecular formula is C52H40N2. The fourth-order valence-electron chi connectivity index (χ4n) is 7.75. The fraction of sp³-hybridized carbons (Fsp3) is 0.0385. The van der Waals surface area contributed by atoms with E-state index in [-0.39, 0.29) is 6.04 Å². The molecule has 0 amide bonds. The van der Waals surface area contributed by atoms with Crippen molar-refractivity contribution in [3.05, 3.63) is 230 Å². The normalized spacial score (nSPS) is 13.7. The summed E-state index contributed by atoms with van der Waals surface area (Å²) in [6, 6.07) is 74.2. The number of allylic oxidation sites excluding steroid dienone is 2. The SMILES string of the molecule is C1=CC(N(c2ccccc2)c2cccc3cccc(-c4ccc(N(c5ccccc5)c5ccc(-c6ccccc6)cc5)cc4)c23)CC=C1c1ccccc1. The Balaban J connectivity index is 1.10. The molecule has 8 aromatic rings. The molecule has 0 N–H and O–H groups in total. The molecule has 9 rings (SSSR count). The predicted molar refractivity (Wildman–Crippen MR) is 230 cm³/mol. The molecule has 0 heterocycles. The van der Waals surface area contributed by atoms with E-state index in [1.807, 2.05) is 0 Å². The van der Waals surface area contributed by atoms with Crippen molar-refractivity contribution in [3.63, 3.8) is 0 Å². The van der Waals surface area contributed by atoms with Crippen LogP contribution < -0.4 is 9.80 Å². The first-order valence-corrected chi connectivity index (χ1v) is 18.7. The lowest BCUT2D eigenvalue weighted by atomic mass is 9.93. The Hall–Kier alpha value is -6.90. The number of rotatable bonds is 9. The average Bonchev–Trinajstić information content (AvgIpc) is 3.26. The van der Waals surface area contributed by atoms with Gasteiger partial charge in [-0.05, 0) is 99.8 Å². The number of hydrogen-bond donors (Lipinski definition) is 0. The third kappa shape index (κ3) is 6.62. The Morgan fingerprint density at radius 1 is 0.389 bits per heavy atom. The maximum atomic E-state index is 2.52. The quantitative estimate of drug-likeness (QED) is 0.149. The van der Waals surface area contributed by atoms with Crippen LogP contribution in [0.3, 0.4) is 0 Å². The highest BCUT2D eigenvalue weighted by Crippen LogP contribution is 2.43. The van der Waals surface area contributed by atoms with Crippen molar-refractivity contribution in [1.82, 2.24) is 0 Å². The van der Waals surface area contributed by atoms with Gasteiger partial charge in [-0.15, -0.1) is 0 Å². The van der Waals surface area contributed by atoms with Gasteiger partial charge in [-0.2, -0.15) is 0 Å². The summed E-state index contributed by atoms with van der Waals surface area (Å²) in [5.41, 5.74) is 13.1. The van der Waals surface area contributed by atoms with Crippen LogP contribution >= 0.6 is 0 Å². The average molecular weight is 693 g/mol. The number of hydrogen-bond acceptors (Lipinski definition) is 2. The number of nitrogens with zero attached hydrogens (tertiary/aromatic N) is 2. The van der Waals surface area contributed by atoms with E-state index in [0.717, 1.165) is 23.5 Å². The molecular weight excluding hydrogens is 653 g/mol.